The van der Waals surface area contributed by atoms with Gasteiger partial charge in [0.15, 0.2) is 5.96 Å². The quantitative estimate of drug-likeness (QED) is 0.236. The van der Waals surface area contributed by atoms with Crippen LogP contribution in [0.5, 0.6) is 5.75 Å². The highest BCUT2D eigenvalue weighted by Gasteiger charge is 2.04. The van der Waals surface area contributed by atoms with Gasteiger partial charge in [0.1, 0.15) is 12.3 Å². The van der Waals surface area contributed by atoms with Crippen molar-refractivity contribution in [1.82, 2.24) is 15.5 Å². The van der Waals surface area contributed by atoms with E-state index in [-0.39, 0.29) is 36.4 Å². The first-order chi connectivity index (χ1) is 12.1. The number of amides is 1. The van der Waals surface area contributed by atoms with Gasteiger partial charge in [0.05, 0.1) is 7.11 Å². The third kappa shape index (κ3) is 10.5. The Kier molecular flexibility index (Phi) is 13.8. The Labute approximate surface area is 174 Å². The van der Waals surface area contributed by atoms with Gasteiger partial charge in [-0.05, 0) is 30.5 Å². The summed E-state index contributed by atoms with van der Waals surface area (Å²) < 4.78 is 5.17. The van der Waals surface area contributed by atoms with E-state index in [1.54, 1.807) is 26.1 Å². The van der Waals surface area contributed by atoms with Crippen molar-refractivity contribution < 1.29 is 9.53 Å². The molecule has 0 spiro atoms. The number of benzene rings is 1. The van der Waals surface area contributed by atoms with Gasteiger partial charge in [0.2, 0.25) is 5.91 Å². The first-order valence-corrected chi connectivity index (χ1v) is 8.92. The minimum atomic E-state index is -0.00943. The fourth-order valence-electron chi connectivity index (χ4n) is 2.16. The number of carbonyl (C=O) groups excluding carboxylic acids is 1. The fraction of sp³-hybridized carbons (Fsp3) is 0.579. The number of likely N-dealkylation sites (N-methyl/N-ethyl adjacent to an activating group) is 1. The van der Waals surface area contributed by atoms with Crippen LogP contribution in [0.3, 0.4) is 0 Å². The highest BCUT2D eigenvalue weighted by molar-refractivity contribution is 14.0. The molecule has 2 N–H and O–H groups in total. The zero-order valence-electron chi connectivity index (χ0n) is 16.4. The Morgan fingerprint density at radius 3 is 2.35 bits per heavy atom. The van der Waals surface area contributed by atoms with Crippen LogP contribution in [0, 0.1) is 0 Å². The Morgan fingerprint density at radius 2 is 1.77 bits per heavy atom. The Balaban J connectivity index is 0.00000625. The van der Waals surface area contributed by atoms with Gasteiger partial charge in [-0.2, -0.15) is 0 Å². The summed E-state index contributed by atoms with van der Waals surface area (Å²) in [6.45, 7) is 3.94. The summed E-state index contributed by atoms with van der Waals surface area (Å²) in [6, 6.07) is 8.04. The van der Waals surface area contributed by atoms with Crippen LogP contribution in [0.25, 0.3) is 0 Å². The molecule has 0 aliphatic carbocycles. The zero-order chi connectivity index (χ0) is 18.5. The fourth-order valence-corrected chi connectivity index (χ4v) is 2.16. The zero-order valence-corrected chi connectivity index (χ0v) is 18.7. The van der Waals surface area contributed by atoms with E-state index in [4.69, 9.17) is 4.74 Å². The van der Waals surface area contributed by atoms with Gasteiger partial charge in [0.25, 0.3) is 0 Å². The van der Waals surface area contributed by atoms with E-state index in [1.165, 1.54) is 18.4 Å². The number of aliphatic imine (C=N–C) groups is 1. The van der Waals surface area contributed by atoms with Crippen LogP contribution in [-0.4, -0.2) is 57.6 Å². The number of nitrogens with zero attached hydrogens (tertiary/aromatic N) is 2. The number of nitrogens with one attached hydrogen (secondary N) is 2. The molecule has 1 amide bonds. The summed E-state index contributed by atoms with van der Waals surface area (Å²) in [5.74, 6) is 1.54. The molecule has 6 nitrogen and oxygen atoms in total. The first-order valence-electron chi connectivity index (χ1n) is 8.92. The summed E-state index contributed by atoms with van der Waals surface area (Å²) in [6.07, 6.45) is 4.33. The molecule has 1 aromatic rings. The molecule has 0 atom stereocenters. The lowest BCUT2D eigenvalue weighted by molar-refractivity contribution is -0.127. The maximum absolute atomic E-state index is 11.7. The lowest BCUT2D eigenvalue weighted by Gasteiger charge is -2.14. The highest BCUT2D eigenvalue weighted by atomic mass is 127. The summed E-state index contributed by atoms with van der Waals surface area (Å²) in [5.41, 5.74) is 1.23. The number of hydrogen-bond acceptors (Lipinski definition) is 3. The standard InChI is InChI=1S/C19H32N4O2.HI/c1-5-6-7-13-20-19(22-15-18(24)23(2)3)21-14-12-16-8-10-17(25-4)11-9-16;/h8-11H,5-7,12-15H2,1-4H3,(H2,20,21,22);1H. The van der Waals surface area contributed by atoms with Crippen LogP contribution >= 0.6 is 24.0 Å². The Morgan fingerprint density at radius 1 is 1.12 bits per heavy atom. The maximum Gasteiger partial charge on any atom is 0.243 e. The number of rotatable bonds is 10. The van der Waals surface area contributed by atoms with Crippen LogP contribution in [0.2, 0.25) is 0 Å². The molecule has 0 aliphatic rings. The molecule has 0 aromatic heterocycles. The van der Waals surface area contributed by atoms with Crippen molar-refractivity contribution >= 4 is 35.8 Å². The molecule has 148 valence electrons. The molecule has 1 aromatic carbocycles. The molecule has 0 heterocycles. The number of methoxy groups -OCH3 is 1. The average Bonchev–Trinajstić information content (AvgIpc) is 2.62. The number of unbranched alkanes of at least 4 members (excludes halogenated alkanes) is 2. The number of ether oxygens (including phenoxy) is 1. The van der Waals surface area contributed by atoms with Crippen LogP contribution in [0.15, 0.2) is 29.3 Å². The summed E-state index contributed by atoms with van der Waals surface area (Å²) in [4.78, 5) is 17.7. The predicted octanol–water partition coefficient (Wildman–Crippen LogP) is 2.67. The van der Waals surface area contributed by atoms with Gasteiger partial charge in [-0.3, -0.25) is 4.79 Å². The summed E-state index contributed by atoms with van der Waals surface area (Å²) in [5, 5.41) is 6.61. The lowest BCUT2D eigenvalue weighted by Crippen LogP contribution is -2.40. The normalized spacial score (nSPS) is 10.7. The van der Waals surface area contributed by atoms with Crippen LogP contribution < -0.4 is 15.4 Å². The molecular weight excluding hydrogens is 443 g/mol. The van der Waals surface area contributed by atoms with Gasteiger partial charge in [-0.25, -0.2) is 4.99 Å². The third-order valence-corrected chi connectivity index (χ3v) is 3.81. The van der Waals surface area contributed by atoms with Crippen molar-refractivity contribution in [2.75, 3.05) is 40.8 Å². The second-order valence-corrected chi connectivity index (χ2v) is 6.11. The van der Waals surface area contributed by atoms with E-state index in [0.717, 1.165) is 31.7 Å². The number of halogens is 1. The molecule has 0 aliphatic heterocycles. The second kappa shape index (κ2) is 14.6. The van der Waals surface area contributed by atoms with Gasteiger partial charge >= 0.3 is 0 Å². The molecule has 26 heavy (non-hydrogen) atoms. The van der Waals surface area contributed by atoms with Crippen molar-refractivity contribution in [1.29, 1.82) is 0 Å². The van der Waals surface area contributed by atoms with Crippen LogP contribution in [0.4, 0.5) is 0 Å². The molecule has 0 unspecified atom stereocenters. The lowest BCUT2D eigenvalue weighted by atomic mass is 10.1. The number of carbonyl (C=O) groups is 1. The topological polar surface area (TPSA) is 66.0 Å². The number of guanidine groups is 1. The summed E-state index contributed by atoms with van der Waals surface area (Å²) in [7, 11) is 5.14. The smallest absolute Gasteiger partial charge is 0.243 e. The van der Waals surface area contributed by atoms with Crippen molar-refractivity contribution in [3.63, 3.8) is 0 Å². The molecule has 0 bridgehead atoms. The van der Waals surface area contributed by atoms with Crippen molar-refractivity contribution in [2.45, 2.75) is 32.6 Å². The van der Waals surface area contributed by atoms with E-state index >= 15 is 0 Å². The van der Waals surface area contributed by atoms with E-state index in [2.05, 4.69) is 34.7 Å². The maximum atomic E-state index is 11.7. The van der Waals surface area contributed by atoms with Gasteiger partial charge in [0, 0.05) is 27.2 Å². The SMILES string of the molecule is CCCCCNC(=NCC(=O)N(C)C)NCCc1ccc(OC)cc1.I. The molecule has 0 saturated carbocycles. The van der Waals surface area contributed by atoms with Crippen molar-refractivity contribution in [3.8, 4) is 5.75 Å². The second-order valence-electron chi connectivity index (χ2n) is 6.11. The Bertz CT molecular complexity index is 533. The van der Waals surface area contributed by atoms with Crippen LogP contribution in [0.1, 0.15) is 31.7 Å². The molecule has 0 radical (unpaired) electrons. The Hall–Kier alpha value is -1.51. The predicted molar refractivity (Wildman–Crippen MR) is 119 cm³/mol. The van der Waals surface area contributed by atoms with Gasteiger partial charge < -0.3 is 20.3 Å². The molecule has 0 saturated heterocycles. The largest absolute Gasteiger partial charge is 0.497 e. The minimum Gasteiger partial charge on any atom is -0.497 e. The monoisotopic (exact) mass is 476 g/mol. The van der Waals surface area contributed by atoms with Crippen molar-refractivity contribution in [2.24, 2.45) is 4.99 Å². The molecular formula is C19H33IN4O2. The van der Waals surface area contributed by atoms with E-state index in [0.29, 0.717) is 5.96 Å². The highest BCUT2D eigenvalue weighted by Crippen LogP contribution is 2.11. The van der Waals surface area contributed by atoms with E-state index < -0.39 is 0 Å². The van der Waals surface area contributed by atoms with E-state index in [9.17, 15) is 4.79 Å². The van der Waals surface area contributed by atoms with E-state index in [1.807, 2.05) is 12.1 Å². The minimum absolute atomic E-state index is 0. The average molecular weight is 476 g/mol. The first kappa shape index (κ1) is 24.5. The number of hydrogen-bond donors (Lipinski definition) is 2. The molecule has 7 heteroatoms. The molecule has 1 rings (SSSR count). The summed E-state index contributed by atoms with van der Waals surface area (Å²) >= 11 is 0. The van der Waals surface area contributed by atoms with Gasteiger partial charge in [-0.15, -0.1) is 24.0 Å². The third-order valence-electron chi connectivity index (χ3n) is 3.81. The molecule has 0 fully saturated rings. The van der Waals surface area contributed by atoms with Gasteiger partial charge in [-0.1, -0.05) is 31.9 Å². The van der Waals surface area contributed by atoms with Crippen LogP contribution in [-0.2, 0) is 11.2 Å². The van der Waals surface area contributed by atoms with Crippen molar-refractivity contribution in [3.05, 3.63) is 29.8 Å².